The lowest BCUT2D eigenvalue weighted by molar-refractivity contribution is 0.443. The predicted octanol–water partition coefficient (Wildman–Crippen LogP) is 5.83. The minimum atomic E-state index is -0.774. The zero-order chi connectivity index (χ0) is 26.4. The maximum atomic E-state index is 13.8. The molecule has 0 saturated heterocycles. The molecule has 0 bridgehead atoms. The summed E-state index contributed by atoms with van der Waals surface area (Å²) < 4.78 is 16.0. The molecule has 0 amide bonds. The minimum Gasteiger partial charge on any atom is -0.383 e. The number of nitrogens with one attached hydrogen (secondary N) is 2. The molecule has 2 N–H and O–H groups in total. The highest BCUT2D eigenvalue weighted by Gasteiger charge is 2.33. The molecule has 2 heterocycles. The Balaban J connectivity index is 1.62. The largest absolute Gasteiger partial charge is 0.383 e. The van der Waals surface area contributed by atoms with E-state index in [1.807, 2.05) is 26.3 Å². The maximum Gasteiger partial charge on any atom is 0.148 e. The highest BCUT2D eigenvalue weighted by molar-refractivity contribution is 6.36. The molecule has 37 heavy (non-hydrogen) atoms. The van der Waals surface area contributed by atoms with Crippen molar-refractivity contribution in [1.29, 1.82) is 5.26 Å². The molecule has 2 aromatic heterocycles. The molecular formula is C28H29BClFN6. The lowest BCUT2D eigenvalue weighted by Gasteiger charge is -2.32. The van der Waals surface area contributed by atoms with E-state index >= 15 is 0 Å². The summed E-state index contributed by atoms with van der Waals surface area (Å²) in [5.41, 5.74) is 3.42. The van der Waals surface area contributed by atoms with Crippen LogP contribution in [-0.2, 0) is 5.44 Å². The van der Waals surface area contributed by atoms with Gasteiger partial charge in [0.1, 0.15) is 19.7 Å². The van der Waals surface area contributed by atoms with Crippen molar-refractivity contribution in [3.05, 3.63) is 82.8 Å². The maximum absolute atomic E-state index is 13.8. The van der Waals surface area contributed by atoms with Crippen LogP contribution in [0.25, 0.3) is 10.9 Å². The molecular weight excluding hydrogens is 486 g/mol. The van der Waals surface area contributed by atoms with Gasteiger partial charge in [-0.05, 0) is 48.1 Å². The lowest BCUT2D eigenvalue weighted by Crippen LogP contribution is -2.37. The monoisotopic (exact) mass is 514 g/mol. The zero-order valence-corrected chi connectivity index (χ0v) is 22.2. The van der Waals surface area contributed by atoms with E-state index in [9.17, 15) is 9.65 Å². The summed E-state index contributed by atoms with van der Waals surface area (Å²) in [5.74, 6) is -0.298. The van der Waals surface area contributed by atoms with Gasteiger partial charge >= 0.3 is 0 Å². The van der Waals surface area contributed by atoms with Crippen LogP contribution in [0.2, 0.25) is 5.02 Å². The second-order valence-electron chi connectivity index (χ2n) is 11.1. The number of hydrogen-bond acceptors (Lipinski definition) is 5. The van der Waals surface area contributed by atoms with Gasteiger partial charge in [-0.25, -0.2) is 9.37 Å². The Morgan fingerprint density at radius 1 is 1.19 bits per heavy atom. The van der Waals surface area contributed by atoms with Crippen LogP contribution in [0.15, 0.2) is 55.1 Å². The Bertz CT molecular complexity index is 1500. The Kier molecular flexibility index (Phi) is 6.37. The number of aromatic nitrogens is 3. The van der Waals surface area contributed by atoms with Crippen LogP contribution in [0.1, 0.15) is 56.5 Å². The lowest BCUT2D eigenvalue weighted by atomic mass is 9.69. The zero-order valence-electron chi connectivity index (χ0n) is 21.4. The van der Waals surface area contributed by atoms with Gasteiger partial charge < -0.3 is 15.2 Å². The topological polar surface area (TPSA) is 78.6 Å². The van der Waals surface area contributed by atoms with Gasteiger partial charge in [-0.3, -0.25) is 4.98 Å². The standard InChI is InChI=1S/C28H29BClFN6/c1-27(2,3)15-34-25-17(12-32)13-33-26-22(25)10-20(11-23(26)30)36-28(29,18-4-6-19(31)7-5-18)24-14-37(16-35-24)21-8-9-21/h4-7,10-11,13-14,16,21,36H,8-9,15,29H2,1-3H3,(H,33,34). The summed E-state index contributed by atoms with van der Waals surface area (Å²) in [6.07, 6.45) is 7.77. The Hall–Kier alpha value is -3.57. The van der Waals surface area contributed by atoms with Crippen LogP contribution in [0.4, 0.5) is 15.8 Å². The fourth-order valence-corrected chi connectivity index (χ4v) is 4.75. The van der Waals surface area contributed by atoms with Crippen molar-refractivity contribution in [2.75, 3.05) is 17.2 Å². The van der Waals surface area contributed by atoms with E-state index in [0.717, 1.165) is 35.2 Å². The van der Waals surface area contributed by atoms with Crippen molar-refractivity contribution in [3.63, 3.8) is 0 Å². The number of imidazole rings is 1. The molecule has 9 heteroatoms. The number of rotatable bonds is 7. The molecule has 2 aromatic carbocycles. The summed E-state index contributed by atoms with van der Waals surface area (Å²) >= 11 is 6.73. The third kappa shape index (κ3) is 5.14. The molecule has 0 spiro atoms. The molecule has 1 unspecified atom stereocenters. The smallest absolute Gasteiger partial charge is 0.148 e. The predicted molar refractivity (Wildman–Crippen MR) is 149 cm³/mol. The van der Waals surface area contributed by atoms with E-state index in [0.29, 0.717) is 34.4 Å². The molecule has 1 aliphatic carbocycles. The van der Waals surface area contributed by atoms with Crippen molar-refractivity contribution >= 4 is 41.7 Å². The van der Waals surface area contributed by atoms with Gasteiger partial charge in [0.05, 0.1) is 39.2 Å². The Morgan fingerprint density at radius 3 is 2.57 bits per heavy atom. The number of benzene rings is 2. The number of fused-ring (bicyclic) bond motifs is 1. The summed E-state index contributed by atoms with van der Waals surface area (Å²) in [7, 11) is 2.03. The van der Waals surface area contributed by atoms with E-state index in [1.165, 1.54) is 12.1 Å². The van der Waals surface area contributed by atoms with E-state index in [-0.39, 0.29) is 11.2 Å². The summed E-state index contributed by atoms with van der Waals surface area (Å²) in [5, 5.41) is 18.1. The van der Waals surface area contributed by atoms with Crippen LogP contribution >= 0.6 is 11.6 Å². The normalized spacial score (nSPS) is 15.2. The first-order chi connectivity index (χ1) is 17.6. The molecule has 5 rings (SSSR count). The summed E-state index contributed by atoms with van der Waals surface area (Å²) in [6, 6.07) is 13.0. The van der Waals surface area contributed by atoms with Crippen molar-refractivity contribution in [2.24, 2.45) is 5.41 Å². The van der Waals surface area contributed by atoms with Crippen LogP contribution in [0.3, 0.4) is 0 Å². The van der Waals surface area contributed by atoms with Gasteiger partial charge in [0, 0.05) is 36.1 Å². The second kappa shape index (κ2) is 9.39. The van der Waals surface area contributed by atoms with Gasteiger partial charge in [0.25, 0.3) is 0 Å². The van der Waals surface area contributed by atoms with Gasteiger partial charge in [-0.15, -0.1) is 0 Å². The van der Waals surface area contributed by atoms with Gasteiger partial charge in [-0.1, -0.05) is 44.5 Å². The first-order valence-electron chi connectivity index (χ1n) is 12.4. The number of halogens is 2. The van der Waals surface area contributed by atoms with Gasteiger partial charge in [0.15, 0.2) is 0 Å². The fourth-order valence-electron chi connectivity index (χ4n) is 4.48. The highest BCUT2D eigenvalue weighted by Crippen LogP contribution is 2.39. The summed E-state index contributed by atoms with van der Waals surface area (Å²) in [4.78, 5) is 9.21. The van der Waals surface area contributed by atoms with Gasteiger partial charge in [-0.2, -0.15) is 5.26 Å². The molecule has 1 aliphatic rings. The molecule has 1 fully saturated rings. The number of nitrogens with zero attached hydrogens (tertiary/aromatic N) is 4. The Labute approximate surface area is 222 Å². The van der Waals surface area contributed by atoms with E-state index < -0.39 is 5.44 Å². The van der Waals surface area contributed by atoms with Crippen LogP contribution in [-0.4, -0.2) is 28.9 Å². The first kappa shape index (κ1) is 25.1. The number of anilines is 2. The van der Waals surface area contributed by atoms with Crippen LogP contribution in [0.5, 0.6) is 0 Å². The second-order valence-corrected chi connectivity index (χ2v) is 11.5. The van der Waals surface area contributed by atoms with Crippen molar-refractivity contribution in [3.8, 4) is 6.07 Å². The molecule has 0 aliphatic heterocycles. The first-order valence-corrected chi connectivity index (χ1v) is 12.8. The molecule has 188 valence electrons. The highest BCUT2D eigenvalue weighted by atomic mass is 35.5. The number of pyridine rings is 1. The van der Waals surface area contributed by atoms with E-state index in [1.54, 1.807) is 18.3 Å². The molecule has 1 atom stereocenters. The Morgan fingerprint density at radius 2 is 1.92 bits per heavy atom. The van der Waals surface area contributed by atoms with Crippen molar-refractivity contribution in [1.82, 2.24) is 14.5 Å². The number of nitriles is 1. The molecule has 0 radical (unpaired) electrons. The van der Waals surface area contributed by atoms with E-state index in [4.69, 9.17) is 16.6 Å². The number of hydrogen-bond donors (Lipinski definition) is 2. The average molecular weight is 515 g/mol. The SMILES string of the molecule is BC(Nc1cc(Cl)c2ncc(C#N)c(NCC(C)(C)C)c2c1)(c1ccc(F)cc1)c1cn(C2CC2)cn1. The van der Waals surface area contributed by atoms with E-state index in [2.05, 4.69) is 53.2 Å². The molecule has 1 saturated carbocycles. The van der Waals surface area contributed by atoms with Crippen LogP contribution < -0.4 is 10.6 Å². The third-order valence-electron chi connectivity index (χ3n) is 6.74. The van der Waals surface area contributed by atoms with Crippen molar-refractivity contribution in [2.45, 2.75) is 45.1 Å². The van der Waals surface area contributed by atoms with Crippen LogP contribution in [0, 0.1) is 22.6 Å². The van der Waals surface area contributed by atoms with Crippen molar-refractivity contribution < 1.29 is 4.39 Å². The fraction of sp³-hybridized carbons (Fsp3) is 0.321. The summed E-state index contributed by atoms with van der Waals surface area (Å²) in [6.45, 7) is 7.06. The average Bonchev–Trinajstić information content (AvgIpc) is 3.58. The molecule has 6 nitrogen and oxygen atoms in total. The quantitative estimate of drug-likeness (QED) is 0.303. The van der Waals surface area contributed by atoms with Gasteiger partial charge in [0.2, 0.25) is 0 Å². The molecule has 4 aromatic rings. The third-order valence-corrected chi connectivity index (χ3v) is 7.03. The minimum absolute atomic E-state index is 0.00349.